The molecule has 5 heteroatoms. The fraction of sp³-hybridized carbons (Fsp3) is 0.429. The van der Waals surface area contributed by atoms with E-state index in [4.69, 9.17) is 9.47 Å². The van der Waals surface area contributed by atoms with Crippen LogP contribution in [0.4, 0.5) is 0 Å². The minimum atomic E-state index is -0.381. The average molecular weight is 355 g/mol. The van der Waals surface area contributed by atoms with Crippen molar-refractivity contribution in [3.63, 3.8) is 0 Å². The Hall–Kier alpha value is -2.56. The van der Waals surface area contributed by atoms with Gasteiger partial charge in [-0.15, -0.1) is 0 Å². The Bertz CT molecular complexity index is 780. The van der Waals surface area contributed by atoms with Crippen molar-refractivity contribution in [2.24, 2.45) is 5.41 Å². The van der Waals surface area contributed by atoms with Crippen molar-refractivity contribution in [2.75, 3.05) is 14.2 Å². The molecule has 5 nitrogen and oxygen atoms in total. The van der Waals surface area contributed by atoms with Crippen LogP contribution in [0.3, 0.4) is 0 Å². The second kappa shape index (κ2) is 7.36. The molecule has 1 aromatic rings. The molecular weight excluding hydrogens is 330 g/mol. The molecule has 138 valence electrons. The molecule has 1 saturated heterocycles. The quantitative estimate of drug-likeness (QED) is 0.598. The fourth-order valence-electron chi connectivity index (χ4n) is 4.04. The van der Waals surface area contributed by atoms with Gasteiger partial charge in [0.2, 0.25) is 5.91 Å². The van der Waals surface area contributed by atoms with Gasteiger partial charge in [-0.1, -0.05) is 25.1 Å². The molecule has 1 aromatic carbocycles. The highest BCUT2D eigenvalue weighted by atomic mass is 16.5. The Balaban J connectivity index is 1.97. The van der Waals surface area contributed by atoms with E-state index in [0.29, 0.717) is 13.0 Å². The Morgan fingerprint density at radius 1 is 1.35 bits per heavy atom. The van der Waals surface area contributed by atoms with Gasteiger partial charge in [-0.2, -0.15) is 0 Å². The first-order valence-electron chi connectivity index (χ1n) is 8.90. The number of likely N-dealkylation sites (tertiary alicyclic amines) is 1. The Labute approximate surface area is 154 Å². The van der Waals surface area contributed by atoms with Gasteiger partial charge in [0, 0.05) is 23.6 Å². The van der Waals surface area contributed by atoms with Gasteiger partial charge in [0.05, 0.1) is 20.8 Å². The molecule has 3 rings (SSSR count). The van der Waals surface area contributed by atoms with E-state index < -0.39 is 0 Å². The fourth-order valence-corrected chi connectivity index (χ4v) is 4.04. The van der Waals surface area contributed by atoms with Gasteiger partial charge >= 0.3 is 5.97 Å². The maximum atomic E-state index is 12.8. The monoisotopic (exact) mass is 355 g/mol. The molecular formula is C21H25NO4. The van der Waals surface area contributed by atoms with Gasteiger partial charge < -0.3 is 14.4 Å². The molecule has 1 heterocycles. The number of esters is 1. The molecule has 0 bridgehead atoms. The predicted molar refractivity (Wildman–Crippen MR) is 98.3 cm³/mol. The number of amides is 1. The van der Waals surface area contributed by atoms with Crippen LogP contribution in [0.15, 0.2) is 47.7 Å². The van der Waals surface area contributed by atoms with Crippen molar-refractivity contribution >= 4 is 11.9 Å². The van der Waals surface area contributed by atoms with Gasteiger partial charge in [-0.25, -0.2) is 4.79 Å². The number of fused-ring (bicyclic) bond motifs is 1. The number of rotatable bonds is 5. The van der Waals surface area contributed by atoms with Crippen molar-refractivity contribution < 1.29 is 19.1 Å². The number of nitrogens with zero attached hydrogens (tertiary/aromatic N) is 1. The first kappa shape index (κ1) is 18.2. The molecule has 1 aliphatic carbocycles. The van der Waals surface area contributed by atoms with E-state index in [1.165, 1.54) is 13.2 Å². The first-order valence-corrected chi connectivity index (χ1v) is 8.90. The summed E-state index contributed by atoms with van der Waals surface area (Å²) in [7, 11) is 3.00. The van der Waals surface area contributed by atoms with E-state index in [1.54, 1.807) is 7.11 Å². The lowest BCUT2D eigenvalue weighted by Crippen LogP contribution is -2.28. The summed E-state index contributed by atoms with van der Waals surface area (Å²) >= 11 is 0. The van der Waals surface area contributed by atoms with Crippen LogP contribution in [-0.2, 0) is 20.9 Å². The van der Waals surface area contributed by atoms with Crippen molar-refractivity contribution in [1.82, 2.24) is 4.90 Å². The molecule has 0 aromatic heterocycles. The van der Waals surface area contributed by atoms with E-state index >= 15 is 0 Å². The Kier molecular flexibility index (Phi) is 5.16. The van der Waals surface area contributed by atoms with Crippen LogP contribution in [0.5, 0.6) is 5.75 Å². The summed E-state index contributed by atoms with van der Waals surface area (Å²) in [4.78, 5) is 26.2. The van der Waals surface area contributed by atoms with Gasteiger partial charge in [0.1, 0.15) is 5.75 Å². The molecule has 2 aliphatic rings. The molecule has 1 unspecified atom stereocenters. The molecule has 1 amide bonds. The van der Waals surface area contributed by atoms with Crippen molar-refractivity contribution in [3.05, 3.63) is 53.3 Å². The maximum Gasteiger partial charge on any atom is 0.330 e. The molecule has 0 N–H and O–H groups in total. The molecule has 1 aliphatic heterocycles. The third-order valence-corrected chi connectivity index (χ3v) is 5.26. The lowest BCUT2D eigenvalue weighted by atomic mass is 9.74. The lowest BCUT2D eigenvalue weighted by molar-refractivity contribution is -0.134. The number of allylic oxidation sites excluding steroid dienone is 3. The van der Waals surface area contributed by atoms with Crippen LogP contribution in [0.1, 0.15) is 38.2 Å². The SMILES string of the molecule is COC(=O)C=CC1=C2N(Cc3cccc(OC)c3)C(=O)CC2(C)CCC1. The first-order chi connectivity index (χ1) is 12.5. The largest absolute Gasteiger partial charge is 0.497 e. The van der Waals surface area contributed by atoms with Gasteiger partial charge in [0.15, 0.2) is 0 Å². The summed E-state index contributed by atoms with van der Waals surface area (Å²) in [6.45, 7) is 2.66. The van der Waals surface area contributed by atoms with E-state index in [9.17, 15) is 9.59 Å². The highest BCUT2D eigenvalue weighted by Crippen LogP contribution is 2.50. The number of benzene rings is 1. The highest BCUT2D eigenvalue weighted by molar-refractivity contribution is 5.85. The smallest absolute Gasteiger partial charge is 0.330 e. The molecule has 26 heavy (non-hydrogen) atoms. The summed E-state index contributed by atoms with van der Waals surface area (Å²) in [5.74, 6) is 0.533. The number of ether oxygens (including phenoxy) is 2. The van der Waals surface area contributed by atoms with Crippen LogP contribution in [-0.4, -0.2) is 31.0 Å². The molecule has 1 atom stereocenters. The standard InChI is InChI=1S/C21H25NO4/c1-21-11-5-7-16(9-10-19(24)26-3)20(21)22(18(23)13-21)14-15-6-4-8-17(12-15)25-2/h4,6,8-10,12H,5,7,11,13-14H2,1-3H3. The average Bonchev–Trinajstić information content (AvgIpc) is 2.90. The normalized spacial score (nSPS) is 22.7. The number of hydrogen-bond acceptors (Lipinski definition) is 4. The minimum absolute atomic E-state index is 0.135. The Morgan fingerprint density at radius 3 is 2.88 bits per heavy atom. The van der Waals surface area contributed by atoms with Crippen molar-refractivity contribution in [2.45, 2.75) is 39.2 Å². The van der Waals surface area contributed by atoms with Crippen LogP contribution >= 0.6 is 0 Å². The molecule has 0 radical (unpaired) electrons. The zero-order valence-electron chi connectivity index (χ0n) is 15.6. The van der Waals surface area contributed by atoms with E-state index in [-0.39, 0.29) is 17.3 Å². The number of methoxy groups -OCH3 is 2. The number of carbonyl (C=O) groups excluding carboxylic acids is 2. The lowest BCUT2D eigenvalue weighted by Gasteiger charge is -2.34. The van der Waals surface area contributed by atoms with Crippen LogP contribution in [0.2, 0.25) is 0 Å². The third kappa shape index (κ3) is 3.52. The van der Waals surface area contributed by atoms with Gasteiger partial charge in [0.25, 0.3) is 0 Å². The van der Waals surface area contributed by atoms with Crippen LogP contribution in [0.25, 0.3) is 0 Å². The third-order valence-electron chi connectivity index (χ3n) is 5.26. The van der Waals surface area contributed by atoms with Crippen LogP contribution in [0, 0.1) is 5.41 Å². The van der Waals surface area contributed by atoms with E-state index in [2.05, 4.69) is 6.92 Å². The topological polar surface area (TPSA) is 55.8 Å². The molecule has 0 spiro atoms. The maximum absolute atomic E-state index is 12.8. The van der Waals surface area contributed by atoms with Crippen molar-refractivity contribution in [3.8, 4) is 5.75 Å². The second-order valence-electron chi connectivity index (χ2n) is 7.15. The van der Waals surface area contributed by atoms with E-state index in [0.717, 1.165) is 41.8 Å². The van der Waals surface area contributed by atoms with Gasteiger partial charge in [-0.05, 0) is 42.5 Å². The van der Waals surface area contributed by atoms with Crippen LogP contribution < -0.4 is 4.74 Å². The predicted octanol–water partition coefficient (Wildman–Crippen LogP) is 3.60. The van der Waals surface area contributed by atoms with Crippen molar-refractivity contribution in [1.29, 1.82) is 0 Å². The second-order valence-corrected chi connectivity index (χ2v) is 7.15. The number of carbonyl (C=O) groups is 2. The van der Waals surface area contributed by atoms with Gasteiger partial charge in [-0.3, -0.25) is 4.79 Å². The summed E-state index contributed by atoms with van der Waals surface area (Å²) < 4.78 is 10.00. The summed E-state index contributed by atoms with van der Waals surface area (Å²) in [5, 5.41) is 0. The molecule has 0 saturated carbocycles. The summed E-state index contributed by atoms with van der Waals surface area (Å²) in [6, 6.07) is 7.78. The summed E-state index contributed by atoms with van der Waals surface area (Å²) in [6.07, 6.45) is 6.64. The zero-order chi connectivity index (χ0) is 18.7. The Morgan fingerprint density at radius 2 is 2.15 bits per heavy atom. The molecule has 1 fully saturated rings. The highest BCUT2D eigenvalue weighted by Gasteiger charge is 2.46. The zero-order valence-corrected chi connectivity index (χ0v) is 15.6. The summed E-state index contributed by atoms with van der Waals surface area (Å²) in [5.41, 5.74) is 2.97. The number of hydrogen-bond donors (Lipinski definition) is 0. The minimum Gasteiger partial charge on any atom is -0.497 e. The van der Waals surface area contributed by atoms with E-state index in [1.807, 2.05) is 35.2 Å².